The first-order valence-electron chi connectivity index (χ1n) is 6.63. The molecule has 1 rings (SSSR count). The van der Waals surface area contributed by atoms with Crippen molar-refractivity contribution in [1.29, 1.82) is 0 Å². The first-order valence-corrected chi connectivity index (χ1v) is 10.3. The molecule has 0 aliphatic heterocycles. The van der Waals surface area contributed by atoms with Gasteiger partial charge in [-0.05, 0) is 31.9 Å². The van der Waals surface area contributed by atoms with Crippen LogP contribution in [-0.2, 0) is 4.79 Å². The largest absolute Gasteiger partial charge is 0.298 e. The van der Waals surface area contributed by atoms with E-state index in [1.54, 1.807) is 0 Å². The van der Waals surface area contributed by atoms with Gasteiger partial charge in [0, 0.05) is 14.5 Å². The van der Waals surface area contributed by atoms with E-state index in [0.29, 0.717) is 12.2 Å². The number of allylic oxidation sites excluding steroid dienone is 4. The molecular weight excluding hydrogens is 236 g/mol. The summed E-state index contributed by atoms with van der Waals surface area (Å²) in [7, 11) is -1.15. The number of Topliss-reactive ketones (excluding diaryl/α,β-unsaturated/α-hetero) is 1. The molecule has 0 amide bonds. The Labute approximate surface area is 113 Å². The van der Waals surface area contributed by atoms with Crippen molar-refractivity contribution >= 4 is 13.9 Å². The highest BCUT2D eigenvalue weighted by Gasteiger charge is 2.41. The number of ketones is 1. The minimum Gasteiger partial charge on any atom is -0.298 e. The zero-order valence-corrected chi connectivity index (χ0v) is 13.5. The monoisotopic (exact) mass is 262 g/mol. The SMILES string of the molecule is C=CC1=C(C)CC(=O)C1(C)CC(=C)C[Si](C)(C)C. The van der Waals surface area contributed by atoms with Gasteiger partial charge in [0.2, 0.25) is 0 Å². The molecule has 1 nitrogen and oxygen atoms in total. The van der Waals surface area contributed by atoms with Crippen molar-refractivity contribution in [3.8, 4) is 0 Å². The third kappa shape index (κ3) is 3.11. The topological polar surface area (TPSA) is 17.1 Å². The Kier molecular flexibility index (Phi) is 4.21. The van der Waals surface area contributed by atoms with Crippen LogP contribution in [-0.4, -0.2) is 13.9 Å². The summed E-state index contributed by atoms with van der Waals surface area (Å²) in [6.07, 6.45) is 3.23. The fourth-order valence-electron chi connectivity index (χ4n) is 3.06. The van der Waals surface area contributed by atoms with Gasteiger partial charge in [-0.2, -0.15) is 0 Å². The molecule has 0 spiro atoms. The summed E-state index contributed by atoms with van der Waals surface area (Å²) in [4.78, 5) is 12.3. The van der Waals surface area contributed by atoms with Crippen LogP contribution in [0, 0.1) is 5.41 Å². The van der Waals surface area contributed by atoms with E-state index in [0.717, 1.165) is 18.0 Å². The molecule has 0 fully saturated rings. The van der Waals surface area contributed by atoms with Gasteiger partial charge >= 0.3 is 0 Å². The van der Waals surface area contributed by atoms with Gasteiger partial charge in [-0.25, -0.2) is 0 Å². The van der Waals surface area contributed by atoms with Gasteiger partial charge in [-0.15, -0.1) is 6.58 Å². The van der Waals surface area contributed by atoms with Crippen molar-refractivity contribution in [2.45, 2.75) is 52.4 Å². The number of hydrogen-bond acceptors (Lipinski definition) is 1. The van der Waals surface area contributed by atoms with Crippen LogP contribution in [0.3, 0.4) is 0 Å². The first kappa shape index (κ1) is 15.2. The molecule has 1 unspecified atom stereocenters. The van der Waals surface area contributed by atoms with Crippen LogP contribution in [0.1, 0.15) is 26.7 Å². The molecule has 18 heavy (non-hydrogen) atoms. The van der Waals surface area contributed by atoms with Crippen molar-refractivity contribution in [2.24, 2.45) is 5.41 Å². The van der Waals surface area contributed by atoms with Crippen LogP contribution in [0.15, 0.2) is 36.0 Å². The second-order valence-corrected chi connectivity index (χ2v) is 12.5. The van der Waals surface area contributed by atoms with Crippen LogP contribution < -0.4 is 0 Å². The van der Waals surface area contributed by atoms with Crippen molar-refractivity contribution in [2.75, 3.05) is 0 Å². The third-order valence-electron chi connectivity index (χ3n) is 3.68. The predicted molar refractivity (Wildman–Crippen MR) is 82.5 cm³/mol. The fourth-order valence-corrected chi connectivity index (χ4v) is 4.68. The summed E-state index contributed by atoms with van der Waals surface area (Å²) >= 11 is 0. The van der Waals surface area contributed by atoms with Gasteiger partial charge in [0.1, 0.15) is 5.78 Å². The number of rotatable bonds is 5. The van der Waals surface area contributed by atoms with Crippen molar-refractivity contribution in [3.05, 3.63) is 36.0 Å². The van der Waals surface area contributed by atoms with Crippen LogP contribution >= 0.6 is 0 Å². The maximum Gasteiger partial charge on any atom is 0.147 e. The highest BCUT2D eigenvalue weighted by Crippen LogP contribution is 2.45. The molecule has 0 aromatic carbocycles. The Morgan fingerprint density at radius 3 is 2.44 bits per heavy atom. The lowest BCUT2D eigenvalue weighted by Crippen LogP contribution is -2.27. The normalized spacial score (nSPS) is 24.6. The van der Waals surface area contributed by atoms with Crippen LogP contribution in [0.2, 0.25) is 25.7 Å². The molecule has 0 aromatic heterocycles. The summed E-state index contributed by atoms with van der Waals surface area (Å²) in [6.45, 7) is 19.2. The molecule has 1 atom stereocenters. The van der Waals surface area contributed by atoms with E-state index < -0.39 is 8.07 Å². The molecule has 0 saturated heterocycles. The van der Waals surface area contributed by atoms with Crippen LogP contribution in [0.4, 0.5) is 0 Å². The zero-order valence-electron chi connectivity index (χ0n) is 12.5. The van der Waals surface area contributed by atoms with Crippen LogP contribution in [0.25, 0.3) is 0 Å². The number of carbonyl (C=O) groups is 1. The lowest BCUT2D eigenvalue weighted by Gasteiger charge is -2.28. The van der Waals surface area contributed by atoms with E-state index in [2.05, 4.69) is 39.7 Å². The predicted octanol–water partition coefficient (Wildman–Crippen LogP) is 4.75. The second kappa shape index (κ2) is 5.00. The quantitative estimate of drug-likeness (QED) is 0.516. The molecule has 0 N–H and O–H groups in total. The van der Waals surface area contributed by atoms with Crippen LogP contribution in [0.5, 0.6) is 0 Å². The maximum absolute atomic E-state index is 12.3. The first-order chi connectivity index (χ1) is 8.10. The summed E-state index contributed by atoms with van der Waals surface area (Å²) in [5, 5.41) is 0. The number of carbonyl (C=O) groups excluding carboxylic acids is 1. The van der Waals surface area contributed by atoms with Gasteiger partial charge in [0.15, 0.2) is 0 Å². The summed E-state index contributed by atoms with van der Waals surface area (Å²) in [5.41, 5.74) is 3.16. The summed E-state index contributed by atoms with van der Waals surface area (Å²) < 4.78 is 0. The van der Waals surface area contributed by atoms with Crippen molar-refractivity contribution in [3.63, 3.8) is 0 Å². The Hall–Kier alpha value is -0.893. The van der Waals surface area contributed by atoms with E-state index >= 15 is 0 Å². The van der Waals surface area contributed by atoms with Gasteiger partial charge in [-0.3, -0.25) is 4.79 Å². The van der Waals surface area contributed by atoms with Gasteiger partial charge in [0.25, 0.3) is 0 Å². The van der Waals surface area contributed by atoms with E-state index in [1.165, 1.54) is 11.1 Å². The highest BCUT2D eigenvalue weighted by molar-refractivity contribution is 6.76. The van der Waals surface area contributed by atoms with Gasteiger partial charge < -0.3 is 0 Å². The zero-order chi connectivity index (χ0) is 14.1. The minimum atomic E-state index is -1.15. The van der Waals surface area contributed by atoms with E-state index in [1.807, 2.05) is 13.0 Å². The Morgan fingerprint density at radius 2 is 2.00 bits per heavy atom. The standard InChI is InChI=1S/C16H26OSi/c1-8-14-13(3)9-15(17)16(14,4)10-12(2)11-18(5,6)7/h8H,1-2,9-11H2,3-7H3. The molecule has 0 saturated carbocycles. The molecular formula is C16H26OSi. The Bertz CT molecular complexity index is 423. The van der Waals surface area contributed by atoms with E-state index in [-0.39, 0.29) is 5.41 Å². The van der Waals surface area contributed by atoms with E-state index in [4.69, 9.17) is 0 Å². The summed E-state index contributed by atoms with van der Waals surface area (Å²) in [6, 6.07) is 1.10. The fraction of sp³-hybridized carbons (Fsp3) is 0.562. The molecule has 0 bridgehead atoms. The maximum atomic E-state index is 12.3. The van der Waals surface area contributed by atoms with Crippen molar-refractivity contribution in [1.82, 2.24) is 0 Å². The van der Waals surface area contributed by atoms with Gasteiger partial charge in [-0.1, -0.05) is 43.4 Å². The molecule has 1 aliphatic carbocycles. The third-order valence-corrected chi connectivity index (χ3v) is 5.24. The average molecular weight is 262 g/mol. The Morgan fingerprint density at radius 1 is 1.44 bits per heavy atom. The minimum absolute atomic E-state index is 0.326. The molecule has 0 heterocycles. The molecule has 2 heteroatoms. The molecule has 100 valence electrons. The van der Waals surface area contributed by atoms with Gasteiger partial charge in [0.05, 0.1) is 5.41 Å². The molecule has 0 aromatic rings. The second-order valence-electron chi connectivity index (χ2n) is 6.99. The molecule has 1 aliphatic rings. The lowest BCUT2D eigenvalue weighted by molar-refractivity contribution is -0.124. The summed E-state index contributed by atoms with van der Waals surface area (Å²) in [5.74, 6) is 0.326. The van der Waals surface area contributed by atoms with Crippen molar-refractivity contribution < 1.29 is 4.79 Å². The van der Waals surface area contributed by atoms with E-state index in [9.17, 15) is 4.79 Å². The number of hydrogen-bond donors (Lipinski definition) is 0. The lowest BCUT2D eigenvalue weighted by atomic mass is 9.77. The molecule has 0 radical (unpaired) electrons. The highest BCUT2D eigenvalue weighted by atomic mass is 28.3. The smallest absolute Gasteiger partial charge is 0.147 e. The average Bonchev–Trinajstić information content (AvgIpc) is 2.33. The Balaban J connectivity index is 2.91.